The monoisotopic (exact) mass is 354 g/mol. The minimum Gasteiger partial charge on any atom is -0.477 e. The van der Waals surface area contributed by atoms with Crippen LogP contribution in [-0.2, 0) is 13.1 Å². The number of nitrogens with zero attached hydrogens (tertiary/aromatic N) is 3. The van der Waals surface area contributed by atoms with Gasteiger partial charge in [0, 0.05) is 39.3 Å². The molecule has 0 aliphatic carbocycles. The van der Waals surface area contributed by atoms with E-state index in [1.165, 1.54) is 17.2 Å². The van der Waals surface area contributed by atoms with Gasteiger partial charge in [-0.05, 0) is 29.8 Å². The van der Waals surface area contributed by atoms with Gasteiger partial charge in [-0.2, -0.15) is 0 Å². The van der Waals surface area contributed by atoms with E-state index in [0.29, 0.717) is 12.4 Å². The second-order valence-electron chi connectivity index (χ2n) is 6.55. The van der Waals surface area contributed by atoms with Crippen molar-refractivity contribution in [2.24, 2.45) is 0 Å². The van der Waals surface area contributed by atoms with Gasteiger partial charge in [0.25, 0.3) is 0 Å². The zero-order valence-electron chi connectivity index (χ0n) is 15.2. The van der Waals surface area contributed by atoms with E-state index in [4.69, 9.17) is 5.11 Å². The van der Waals surface area contributed by atoms with E-state index in [1.54, 1.807) is 12.1 Å². The van der Waals surface area contributed by atoms with Crippen LogP contribution in [0.3, 0.4) is 0 Å². The van der Waals surface area contributed by atoms with E-state index in [9.17, 15) is 4.79 Å². The fourth-order valence-electron chi connectivity index (χ4n) is 3.23. The molecule has 1 aromatic heterocycles. The van der Waals surface area contributed by atoms with Crippen LogP contribution < -0.4 is 5.32 Å². The second kappa shape index (κ2) is 8.78. The average Bonchev–Trinajstić information content (AvgIpc) is 2.68. The number of aromatic nitrogens is 1. The van der Waals surface area contributed by atoms with E-state index < -0.39 is 5.97 Å². The molecule has 0 amide bonds. The molecule has 1 saturated heterocycles. The number of likely N-dealkylation sites (N-methyl/N-ethyl adjacent to an activating group) is 1. The minimum absolute atomic E-state index is 0.0529. The normalized spacial score (nSPS) is 15.7. The SMILES string of the molecule is CCN1CCN(Cc2ccccc2CNc2cccc(C(=O)O)n2)CC1. The smallest absolute Gasteiger partial charge is 0.354 e. The van der Waals surface area contributed by atoms with Crippen LogP contribution in [0.25, 0.3) is 0 Å². The minimum atomic E-state index is -1.01. The number of nitrogens with one attached hydrogen (secondary N) is 1. The first-order valence-corrected chi connectivity index (χ1v) is 9.11. The number of piperazine rings is 1. The molecular formula is C20H26N4O2. The number of rotatable bonds is 7. The summed E-state index contributed by atoms with van der Waals surface area (Å²) in [4.78, 5) is 20.1. The number of pyridine rings is 1. The number of aromatic carboxylic acids is 1. The van der Waals surface area contributed by atoms with Crippen LogP contribution in [0.2, 0.25) is 0 Å². The number of carboxylic acids is 1. The van der Waals surface area contributed by atoms with E-state index in [-0.39, 0.29) is 5.69 Å². The molecule has 2 heterocycles. The van der Waals surface area contributed by atoms with Gasteiger partial charge < -0.3 is 15.3 Å². The first kappa shape index (κ1) is 18.4. The Morgan fingerprint density at radius 1 is 1.04 bits per heavy atom. The summed E-state index contributed by atoms with van der Waals surface area (Å²) in [5.41, 5.74) is 2.57. The lowest BCUT2D eigenvalue weighted by atomic mass is 10.1. The summed E-state index contributed by atoms with van der Waals surface area (Å²) < 4.78 is 0. The second-order valence-corrected chi connectivity index (χ2v) is 6.55. The topological polar surface area (TPSA) is 68.7 Å². The molecule has 6 nitrogen and oxygen atoms in total. The highest BCUT2D eigenvalue weighted by Gasteiger charge is 2.16. The predicted molar refractivity (Wildman–Crippen MR) is 102 cm³/mol. The fraction of sp³-hybridized carbons (Fsp3) is 0.400. The highest BCUT2D eigenvalue weighted by molar-refractivity contribution is 5.85. The third-order valence-electron chi connectivity index (χ3n) is 4.85. The molecule has 1 aliphatic heterocycles. The van der Waals surface area contributed by atoms with Crippen LogP contribution in [0.5, 0.6) is 0 Å². The van der Waals surface area contributed by atoms with Gasteiger partial charge in [-0.1, -0.05) is 37.3 Å². The van der Waals surface area contributed by atoms with Crippen LogP contribution in [0.4, 0.5) is 5.82 Å². The first-order chi connectivity index (χ1) is 12.7. The van der Waals surface area contributed by atoms with Gasteiger partial charge in [-0.15, -0.1) is 0 Å². The van der Waals surface area contributed by atoms with Crippen molar-refractivity contribution in [2.75, 3.05) is 38.0 Å². The van der Waals surface area contributed by atoms with Crippen LogP contribution in [-0.4, -0.2) is 58.6 Å². The Morgan fingerprint density at radius 2 is 1.73 bits per heavy atom. The third-order valence-corrected chi connectivity index (χ3v) is 4.85. The Morgan fingerprint density at radius 3 is 2.42 bits per heavy atom. The summed E-state index contributed by atoms with van der Waals surface area (Å²) in [7, 11) is 0. The number of anilines is 1. The Hall–Kier alpha value is -2.44. The summed E-state index contributed by atoms with van der Waals surface area (Å²) in [5, 5.41) is 12.3. The largest absolute Gasteiger partial charge is 0.477 e. The van der Waals surface area contributed by atoms with Gasteiger partial charge in [0.15, 0.2) is 5.69 Å². The van der Waals surface area contributed by atoms with Gasteiger partial charge in [0.2, 0.25) is 0 Å². The number of hydrogen-bond donors (Lipinski definition) is 2. The summed E-state index contributed by atoms with van der Waals surface area (Å²) >= 11 is 0. The molecule has 0 atom stereocenters. The highest BCUT2D eigenvalue weighted by atomic mass is 16.4. The molecule has 0 radical (unpaired) electrons. The van der Waals surface area contributed by atoms with Crippen molar-refractivity contribution in [1.82, 2.24) is 14.8 Å². The predicted octanol–water partition coefficient (Wildman–Crippen LogP) is 2.53. The van der Waals surface area contributed by atoms with Crippen LogP contribution in [0.15, 0.2) is 42.5 Å². The molecule has 0 saturated carbocycles. The van der Waals surface area contributed by atoms with Gasteiger partial charge >= 0.3 is 5.97 Å². The third kappa shape index (κ3) is 4.80. The Bertz CT molecular complexity index is 742. The molecule has 1 aliphatic rings. The van der Waals surface area contributed by atoms with Gasteiger partial charge in [-0.25, -0.2) is 9.78 Å². The van der Waals surface area contributed by atoms with Crippen LogP contribution >= 0.6 is 0 Å². The number of carboxylic acid groups (broad SMARTS) is 1. The van der Waals surface area contributed by atoms with E-state index in [1.807, 2.05) is 6.07 Å². The summed E-state index contributed by atoms with van der Waals surface area (Å²) in [5.74, 6) is -0.434. The summed E-state index contributed by atoms with van der Waals surface area (Å²) in [6.45, 7) is 9.35. The molecule has 138 valence electrons. The van der Waals surface area contributed by atoms with Crippen molar-refractivity contribution in [3.05, 3.63) is 59.3 Å². The van der Waals surface area contributed by atoms with E-state index in [0.717, 1.165) is 39.3 Å². The Kier molecular flexibility index (Phi) is 6.20. The fourth-order valence-corrected chi connectivity index (χ4v) is 3.23. The van der Waals surface area contributed by atoms with Gasteiger partial charge in [0.05, 0.1) is 0 Å². The van der Waals surface area contributed by atoms with Gasteiger partial charge in [0.1, 0.15) is 5.82 Å². The van der Waals surface area contributed by atoms with Crippen molar-refractivity contribution in [3.8, 4) is 0 Å². The zero-order chi connectivity index (χ0) is 18.4. The highest BCUT2D eigenvalue weighted by Crippen LogP contribution is 2.15. The first-order valence-electron chi connectivity index (χ1n) is 9.11. The molecule has 0 bridgehead atoms. The molecule has 0 spiro atoms. The molecule has 1 fully saturated rings. The maximum Gasteiger partial charge on any atom is 0.354 e. The van der Waals surface area contributed by atoms with E-state index >= 15 is 0 Å². The zero-order valence-corrected chi connectivity index (χ0v) is 15.2. The molecule has 2 N–H and O–H groups in total. The lowest BCUT2D eigenvalue weighted by molar-refractivity contribution is 0.0690. The van der Waals surface area contributed by atoms with Crippen molar-refractivity contribution in [2.45, 2.75) is 20.0 Å². The summed E-state index contributed by atoms with van der Waals surface area (Å²) in [6, 6.07) is 13.4. The van der Waals surface area contributed by atoms with Crippen molar-refractivity contribution in [1.29, 1.82) is 0 Å². The molecule has 26 heavy (non-hydrogen) atoms. The Labute approximate surface area is 154 Å². The van der Waals surface area contributed by atoms with Crippen molar-refractivity contribution < 1.29 is 9.90 Å². The molecule has 1 aromatic carbocycles. The van der Waals surface area contributed by atoms with Crippen LogP contribution in [0, 0.1) is 0 Å². The maximum absolute atomic E-state index is 11.0. The lowest BCUT2D eigenvalue weighted by Crippen LogP contribution is -2.45. The molecule has 0 unspecified atom stereocenters. The van der Waals surface area contributed by atoms with Crippen LogP contribution in [0.1, 0.15) is 28.5 Å². The number of carbonyl (C=O) groups is 1. The number of benzene rings is 1. The van der Waals surface area contributed by atoms with Crippen molar-refractivity contribution in [3.63, 3.8) is 0 Å². The lowest BCUT2D eigenvalue weighted by Gasteiger charge is -2.34. The standard InChI is InChI=1S/C20H26N4O2/c1-2-23-10-12-24(13-11-23)15-17-7-4-3-6-16(17)14-21-19-9-5-8-18(22-19)20(25)26/h3-9H,2,10-15H2,1H3,(H,21,22)(H,25,26). The molecular weight excluding hydrogens is 328 g/mol. The van der Waals surface area contributed by atoms with E-state index in [2.05, 4.69) is 45.2 Å². The maximum atomic E-state index is 11.0. The average molecular weight is 354 g/mol. The van der Waals surface area contributed by atoms with Crippen molar-refractivity contribution >= 4 is 11.8 Å². The Balaban J connectivity index is 1.62. The quantitative estimate of drug-likeness (QED) is 0.796. The molecule has 2 aromatic rings. The molecule has 3 rings (SSSR count). The van der Waals surface area contributed by atoms with Gasteiger partial charge in [-0.3, -0.25) is 4.90 Å². The summed E-state index contributed by atoms with van der Waals surface area (Å²) in [6.07, 6.45) is 0. The molecule has 6 heteroatoms. The number of hydrogen-bond acceptors (Lipinski definition) is 5.